The van der Waals surface area contributed by atoms with Gasteiger partial charge in [0.1, 0.15) is 0 Å². The first-order valence-corrected chi connectivity index (χ1v) is 2.64. The van der Waals surface area contributed by atoms with Crippen LogP contribution in [0.25, 0.3) is 0 Å². The summed E-state index contributed by atoms with van der Waals surface area (Å²) in [5.74, 6) is 0. The zero-order valence-electron chi connectivity index (χ0n) is 5.32. The summed E-state index contributed by atoms with van der Waals surface area (Å²) < 4.78 is 0. The van der Waals surface area contributed by atoms with Crippen LogP contribution in [0.4, 0.5) is 5.69 Å². The lowest BCUT2D eigenvalue weighted by Gasteiger charge is -1.93. The predicted molar refractivity (Wildman–Crippen MR) is 41.8 cm³/mol. The van der Waals surface area contributed by atoms with Crippen molar-refractivity contribution in [3.63, 3.8) is 0 Å². The summed E-state index contributed by atoms with van der Waals surface area (Å²) in [5.41, 5.74) is 6.62. The molecule has 4 heteroatoms. The van der Waals surface area contributed by atoms with Gasteiger partial charge in [0.15, 0.2) is 0 Å². The summed E-state index contributed by atoms with van der Waals surface area (Å²) in [7, 11) is 0. The molecule has 0 aliphatic rings. The van der Waals surface area contributed by atoms with Gasteiger partial charge in [0.25, 0.3) is 0 Å². The van der Waals surface area contributed by atoms with E-state index in [0.717, 1.165) is 0 Å². The molecule has 10 heavy (non-hydrogen) atoms. The lowest BCUT2D eigenvalue weighted by molar-refractivity contribution is 0.277. The largest absolute Gasteiger partial charge is 0.399 e. The van der Waals surface area contributed by atoms with Crippen LogP contribution in [-0.2, 0) is 6.61 Å². The Labute approximate surface area is 65.3 Å². The number of nitrogen functional groups attached to an aromatic ring is 1. The van der Waals surface area contributed by atoms with Crippen molar-refractivity contribution in [1.82, 2.24) is 4.98 Å². The van der Waals surface area contributed by atoms with Gasteiger partial charge in [-0.2, -0.15) is 0 Å². The summed E-state index contributed by atoms with van der Waals surface area (Å²) in [5, 5.41) is 8.54. The molecule has 0 aromatic carbocycles. The first-order valence-electron chi connectivity index (χ1n) is 2.64. The number of anilines is 1. The minimum atomic E-state index is -0.0506. The number of hydrogen-bond donors (Lipinski definition) is 2. The van der Waals surface area contributed by atoms with Crippen molar-refractivity contribution < 1.29 is 5.11 Å². The fourth-order valence-electron chi connectivity index (χ4n) is 0.583. The van der Waals surface area contributed by atoms with Gasteiger partial charge in [-0.05, 0) is 12.1 Å². The zero-order valence-corrected chi connectivity index (χ0v) is 6.14. The first kappa shape index (κ1) is 9.20. The van der Waals surface area contributed by atoms with Crippen molar-refractivity contribution in [3.8, 4) is 0 Å². The van der Waals surface area contributed by atoms with Crippen molar-refractivity contribution in [2.24, 2.45) is 0 Å². The van der Waals surface area contributed by atoms with Crippen LogP contribution in [-0.4, -0.2) is 10.1 Å². The maximum atomic E-state index is 8.54. The van der Waals surface area contributed by atoms with Gasteiger partial charge in [-0.25, -0.2) is 0 Å². The minimum absolute atomic E-state index is 0. The van der Waals surface area contributed by atoms with E-state index in [2.05, 4.69) is 4.98 Å². The van der Waals surface area contributed by atoms with Gasteiger partial charge in [0.05, 0.1) is 12.3 Å². The summed E-state index contributed by atoms with van der Waals surface area (Å²) in [4.78, 5) is 3.83. The van der Waals surface area contributed by atoms with Gasteiger partial charge in [0.2, 0.25) is 0 Å². The molecule has 0 atom stereocenters. The van der Waals surface area contributed by atoms with E-state index in [1.807, 2.05) is 0 Å². The number of rotatable bonds is 1. The number of pyridine rings is 1. The number of halogens is 1. The molecular weight excluding hydrogens is 152 g/mol. The first-order chi connectivity index (χ1) is 4.33. The molecule has 3 N–H and O–H groups in total. The highest BCUT2D eigenvalue weighted by molar-refractivity contribution is 5.85. The average molecular weight is 161 g/mol. The Hall–Kier alpha value is -0.800. The SMILES string of the molecule is Cl.Nc1ccnc(CO)c1. The van der Waals surface area contributed by atoms with Crippen LogP contribution in [0.2, 0.25) is 0 Å². The number of nitrogens with zero attached hydrogens (tertiary/aromatic N) is 1. The molecule has 1 aromatic heterocycles. The fourth-order valence-corrected chi connectivity index (χ4v) is 0.583. The topological polar surface area (TPSA) is 59.1 Å². The van der Waals surface area contributed by atoms with Gasteiger partial charge in [-0.1, -0.05) is 0 Å². The van der Waals surface area contributed by atoms with E-state index in [1.54, 1.807) is 18.3 Å². The molecule has 0 spiro atoms. The standard InChI is InChI=1S/C6H8N2O.ClH/c7-5-1-2-8-6(3-5)4-9;/h1-3,9H,4H2,(H2,7,8);1H. The molecular formula is C6H9ClN2O. The number of aliphatic hydroxyl groups is 1. The molecule has 0 aliphatic heterocycles. The van der Waals surface area contributed by atoms with Gasteiger partial charge < -0.3 is 10.8 Å². The Kier molecular flexibility index (Phi) is 3.76. The van der Waals surface area contributed by atoms with Crippen LogP contribution < -0.4 is 5.73 Å². The molecule has 0 radical (unpaired) electrons. The molecule has 0 aliphatic carbocycles. The second-order valence-electron chi connectivity index (χ2n) is 1.74. The Bertz CT molecular complexity index is 205. The van der Waals surface area contributed by atoms with E-state index in [0.29, 0.717) is 11.4 Å². The number of nitrogens with two attached hydrogens (primary N) is 1. The molecule has 0 amide bonds. The third kappa shape index (κ3) is 2.21. The smallest absolute Gasteiger partial charge is 0.0853 e. The third-order valence-corrected chi connectivity index (χ3v) is 1.00. The predicted octanol–water partition coefficient (Wildman–Crippen LogP) is 0.578. The summed E-state index contributed by atoms with van der Waals surface area (Å²) in [6.45, 7) is -0.0506. The van der Waals surface area contributed by atoms with Crippen molar-refractivity contribution in [2.75, 3.05) is 5.73 Å². The lowest BCUT2D eigenvalue weighted by atomic mass is 10.3. The second-order valence-corrected chi connectivity index (χ2v) is 1.74. The molecule has 0 unspecified atom stereocenters. The molecule has 56 valence electrons. The molecule has 0 bridgehead atoms. The van der Waals surface area contributed by atoms with Crippen LogP contribution in [0.1, 0.15) is 5.69 Å². The molecule has 0 saturated carbocycles. The Morgan fingerprint density at radius 2 is 2.30 bits per heavy atom. The molecule has 0 saturated heterocycles. The van der Waals surface area contributed by atoms with E-state index >= 15 is 0 Å². The van der Waals surface area contributed by atoms with E-state index < -0.39 is 0 Å². The van der Waals surface area contributed by atoms with Crippen LogP contribution in [0.3, 0.4) is 0 Å². The monoisotopic (exact) mass is 160 g/mol. The Balaban J connectivity index is 0.000000810. The van der Waals surface area contributed by atoms with Crippen molar-refractivity contribution in [1.29, 1.82) is 0 Å². The zero-order chi connectivity index (χ0) is 6.69. The van der Waals surface area contributed by atoms with Gasteiger partial charge in [0, 0.05) is 11.9 Å². The van der Waals surface area contributed by atoms with E-state index in [1.165, 1.54) is 0 Å². The summed E-state index contributed by atoms with van der Waals surface area (Å²) in [6.07, 6.45) is 1.57. The van der Waals surface area contributed by atoms with Crippen LogP contribution in [0, 0.1) is 0 Å². The van der Waals surface area contributed by atoms with Crippen molar-refractivity contribution in [3.05, 3.63) is 24.0 Å². The average Bonchev–Trinajstić information content (AvgIpc) is 1.88. The maximum absolute atomic E-state index is 8.54. The second kappa shape index (κ2) is 4.09. The fraction of sp³-hybridized carbons (Fsp3) is 0.167. The van der Waals surface area contributed by atoms with Crippen molar-refractivity contribution >= 4 is 18.1 Å². The Morgan fingerprint density at radius 1 is 1.60 bits per heavy atom. The quantitative estimate of drug-likeness (QED) is 0.632. The summed E-state index contributed by atoms with van der Waals surface area (Å²) >= 11 is 0. The van der Waals surface area contributed by atoms with Gasteiger partial charge in [-0.15, -0.1) is 12.4 Å². The lowest BCUT2D eigenvalue weighted by Crippen LogP contribution is -1.91. The normalized spacial score (nSPS) is 8.50. The van der Waals surface area contributed by atoms with Crippen LogP contribution in [0.5, 0.6) is 0 Å². The van der Waals surface area contributed by atoms with Crippen LogP contribution >= 0.6 is 12.4 Å². The maximum Gasteiger partial charge on any atom is 0.0853 e. The minimum Gasteiger partial charge on any atom is -0.399 e. The highest BCUT2D eigenvalue weighted by atomic mass is 35.5. The van der Waals surface area contributed by atoms with Gasteiger partial charge in [-0.3, -0.25) is 4.98 Å². The third-order valence-electron chi connectivity index (χ3n) is 1.00. The molecule has 1 heterocycles. The summed E-state index contributed by atoms with van der Waals surface area (Å²) in [6, 6.07) is 3.32. The van der Waals surface area contributed by atoms with Crippen molar-refractivity contribution in [2.45, 2.75) is 6.61 Å². The number of aromatic nitrogens is 1. The van der Waals surface area contributed by atoms with E-state index in [-0.39, 0.29) is 19.0 Å². The highest BCUT2D eigenvalue weighted by Crippen LogP contribution is 2.01. The van der Waals surface area contributed by atoms with Crippen LogP contribution in [0.15, 0.2) is 18.3 Å². The van der Waals surface area contributed by atoms with E-state index in [9.17, 15) is 0 Å². The Morgan fingerprint density at radius 3 is 2.70 bits per heavy atom. The molecule has 0 fully saturated rings. The molecule has 3 nitrogen and oxygen atoms in total. The highest BCUT2D eigenvalue weighted by Gasteiger charge is 1.88. The van der Waals surface area contributed by atoms with Gasteiger partial charge >= 0.3 is 0 Å². The molecule has 1 aromatic rings. The number of hydrogen-bond acceptors (Lipinski definition) is 3. The number of aliphatic hydroxyl groups excluding tert-OH is 1. The van der Waals surface area contributed by atoms with E-state index in [4.69, 9.17) is 10.8 Å². The molecule has 1 rings (SSSR count).